The zero-order valence-corrected chi connectivity index (χ0v) is 14.6. The normalized spacial score (nSPS) is 11.1. The van der Waals surface area contributed by atoms with Crippen molar-refractivity contribution in [3.8, 4) is 0 Å². The van der Waals surface area contributed by atoms with E-state index in [1.54, 1.807) is 25.1 Å². The number of nitrogen functional groups attached to an aromatic ring is 1. The van der Waals surface area contributed by atoms with Gasteiger partial charge in [-0.25, -0.2) is 10.4 Å². The second-order valence-corrected chi connectivity index (χ2v) is 5.86. The number of amides is 2. The maximum absolute atomic E-state index is 12.0. The van der Waals surface area contributed by atoms with Crippen LogP contribution in [-0.2, 0) is 4.79 Å². The summed E-state index contributed by atoms with van der Waals surface area (Å²) < 4.78 is 0. The van der Waals surface area contributed by atoms with Crippen LogP contribution in [0.4, 0.5) is 11.4 Å². The fourth-order valence-electron chi connectivity index (χ4n) is 1.89. The molecule has 0 fully saturated rings. The van der Waals surface area contributed by atoms with E-state index >= 15 is 0 Å². The van der Waals surface area contributed by atoms with Crippen LogP contribution in [0.25, 0.3) is 0 Å². The summed E-state index contributed by atoms with van der Waals surface area (Å²) in [5.41, 5.74) is 10.5. The molecule has 0 aliphatic rings. The molecule has 0 unspecified atom stereocenters. The SMILES string of the molecule is C/C(CC(=O)Nc1ccc(C)c(Cl)c1)=N\NC(=O)c1ccc(N)cn1. The van der Waals surface area contributed by atoms with E-state index in [0.29, 0.717) is 22.1 Å². The number of aromatic nitrogens is 1. The van der Waals surface area contributed by atoms with E-state index in [4.69, 9.17) is 17.3 Å². The lowest BCUT2D eigenvalue weighted by Crippen LogP contribution is -2.22. The minimum atomic E-state index is -0.481. The van der Waals surface area contributed by atoms with Crippen molar-refractivity contribution in [3.63, 3.8) is 0 Å². The van der Waals surface area contributed by atoms with E-state index in [0.717, 1.165) is 5.56 Å². The number of nitrogens with one attached hydrogen (secondary N) is 2. The molecule has 0 saturated heterocycles. The Morgan fingerprint density at radius 3 is 2.68 bits per heavy atom. The molecule has 1 heterocycles. The van der Waals surface area contributed by atoms with Gasteiger partial charge in [0.25, 0.3) is 5.91 Å². The molecule has 2 rings (SSSR count). The van der Waals surface area contributed by atoms with Gasteiger partial charge in [0.15, 0.2) is 0 Å². The Balaban J connectivity index is 1.89. The molecule has 1 aromatic heterocycles. The highest BCUT2D eigenvalue weighted by molar-refractivity contribution is 6.31. The van der Waals surface area contributed by atoms with Crippen molar-refractivity contribution in [1.29, 1.82) is 0 Å². The molecular formula is C17H18ClN5O2. The van der Waals surface area contributed by atoms with Crippen LogP contribution in [0.1, 0.15) is 29.4 Å². The predicted octanol–water partition coefficient (Wildman–Crippen LogP) is 2.76. The van der Waals surface area contributed by atoms with Crippen molar-refractivity contribution in [2.45, 2.75) is 20.3 Å². The van der Waals surface area contributed by atoms with Crippen LogP contribution in [0.2, 0.25) is 5.02 Å². The van der Waals surface area contributed by atoms with Crippen molar-refractivity contribution in [2.24, 2.45) is 5.10 Å². The fraction of sp³-hybridized carbons (Fsp3) is 0.176. The Bertz CT molecular complexity index is 818. The summed E-state index contributed by atoms with van der Waals surface area (Å²) in [4.78, 5) is 27.8. The fourth-order valence-corrected chi connectivity index (χ4v) is 2.07. The molecule has 2 amide bonds. The second kappa shape index (κ2) is 8.25. The molecule has 25 heavy (non-hydrogen) atoms. The third-order valence-corrected chi connectivity index (χ3v) is 3.65. The lowest BCUT2D eigenvalue weighted by atomic mass is 10.2. The molecule has 0 atom stereocenters. The standard InChI is InChI=1S/C17H18ClN5O2/c1-10-3-5-13(8-14(10)18)21-16(24)7-11(2)22-23-17(25)15-6-4-12(19)9-20-15/h3-6,8-9H,7,19H2,1-2H3,(H,21,24)(H,23,25)/b22-11+. The summed E-state index contributed by atoms with van der Waals surface area (Å²) >= 11 is 6.02. The van der Waals surface area contributed by atoms with Crippen LogP contribution in [0.15, 0.2) is 41.6 Å². The van der Waals surface area contributed by atoms with Crippen LogP contribution in [0.5, 0.6) is 0 Å². The zero-order valence-electron chi connectivity index (χ0n) is 13.8. The van der Waals surface area contributed by atoms with Gasteiger partial charge in [0.1, 0.15) is 5.69 Å². The number of carbonyl (C=O) groups excluding carboxylic acids is 2. The minimum absolute atomic E-state index is 0.0287. The summed E-state index contributed by atoms with van der Waals surface area (Å²) in [6, 6.07) is 8.32. The van der Waals surface area contributed by atoms with Gasteiger partial charge in [-0.05, 0) is 43.7 Å². The number of aryl methyl sites for hydroxylation is 1. The minimum Gasteiger partial charge on any atom is -0.397 e. The van der Waals surface area contributed by atoms with Crippen molar-refractivity contribution in [2.75, 3.05) is 11.1 Å². The molecule has 7 nitrogen and oxygen atoms in total. The Labute approximate surface area is 150 Å². The summed E-state index contributed by atoms with van der Waals surface area (Å²) in [5, 5.41) is 7.19. The largest absolute Gasteiger partial charge is 0.397 e. The summed E-state index contributed by atoms with van der Waals surface area (Å²) in [5.74, 6) is -0.744. The molecule has 0 aliphatic carbocycles. The molecule has 8 heteroatoms. The first-order valence-corrected chi connectivity index (χ1v) is 7.84. The average Bonchev–Trinajstić information content (AvgIpc) is 2.56. The third kappa shape index (κ3) is 5.58. The summed E-state index contributed by atoms with van der Waals surface area (Å²) in [7, 11) is 0. The molecule has 130 valence electrons. The zero-order chi connectivity index (χ0) is 18.4. The van der Waals surface area contributed by atoms with Gasteiger partial charge in [-0.2, -0.15) is 5.10 Å². The molecular weight excluding hydrogens is 342 g/mol. The first-order chi connectivity index (χ1) is 11.8. The lowest BCUT2D eigenvalue weighted by Gasteiger charge is -2.07. The quantitative estimate of drug-likeness (QED) is 0.563. The topological polar surface area (TPSA) is 109 Å². The number of nitrogens with zero attached hydrogens (tertiary/aromatic N) is 2. The van der Waals surface area contributed by atoms with E-state index in [-0.39, 0.29) is 18.0 Å². The van der Waals surface area contributed by atoms with E-state index < -0.39 is 5.91 Å². The van der Waals surface area contributed by atoms with Crippen molar-refractivity contribution in [3.05, 3.63) is 52.8 Å². The van der Waals surface area contributed by atoms with Crippen LogP contribution >= 0.6 is 11.6 Å². The molecule has 0 spiro atoms. The second-order valence-electron chi connectivity index (χ2n) is 5.45. The highest BCUT2D eigenvalue weighted by atomic mass is 35.5. The Kier molecular flexibility index (Phi) is 6.08. The van der Waals surface area contributed by atoms with Gasteiger partial charge >= 0.3 is 0 Å². The maximum atomic E-state index is 12.0. The Morgan fingerprint density at radius 1 is 1.28 bits per heavy atom. The third-order valence-electron chi connectivity index (χ3n) is 3.24. The van der Waals surface area contributed by atoms with Gasteiger partial charge in [0, 0.05) is 16.4 Å². The molecule has 0 bridgehead atoms. The number of carbonyl (C=O) groups is 2. The molecule has 0 aliphatic heterocycles. The highest BCUT2D eigenvalue weighted by Gasteiger charge is 2.08. The lowest BCUT2D eigenvalue weighted by molar-refractivity contribution is -0.115. The number of hydrazone groups is 1. The first kappa shape index (κ1) is 18.4. The smallest absolute Gasteiger partial charge is 0.289 e. The van der Waals surface area contributed by atoms with Crippen LogP contribution < -0.4 is 16.5 Å². The molecule has 1 aromatic carbocycles. The Morgan fingerprint density at radius 2 is 2.04 bits per heavy atom. The number of anilines is 2. The van der Waals surface area contributed by atoms with E-state index in [2.05, 4.69) is 20.8 Å². The van der Waals surface area contributed by atoms with Gasteiger partial charge in [-0.1, -0.05) is 17.7 Å². The summed E-state index contributed by atoms with van der Waals surface area (Å²) in [6.45, 7) is 3.52. The van der Waals surface area contributed by atoms with Gasteiger partial charge in [-0.3, -0.25) is 9.59 Å². The van der Waals surface area contributed by atoms with Gasteiger partial charge in [0.2, 0.25) is 5.91 Å². The van der Waals surface area contributed by atoms with Crippen molar-refractivity contribution in [1.82, 2.24) is 10.4 Å². The number of benzene rings is 1. The van der Waals surface area contributed by atoms with Gasteiger partial charge in [0.05, 0.1) is 18.3 Å². The number of rotatable bonds is 5. The molecule has 2 aromatic rings. The van der Waals surface area contributed by atoms with Gasteiger partial charge in [-0.15, -0.1) is 0 Å². The van der Waals surface area contributed by atoms with E-state index in [1.807, 2.05) is 13.0 Å². The first-order valence-electron chi connectivity index (χ1n) is 7.46. The van der Waals surface area contributed by atoms with Crippen molar-refractivity contribution >= 4 is 40.5 Å². The molecule has 0 saturated carbocycles. The maximum Gasteiger partial charge on any atom is 0.289 e. The predicted molar refractivity (Wildman–Crippen MR) is 98.7 cm³/mol. The highest BCUT2D eigenvalue weighted by Crippen LogP contribution is 2.20. The van der Waals surface area contributed by atoms with Crippen molar-refractivity contribution < 1.29 is 9.59 Å². The molecule has 0 radical (unpaired) electrons. The number of halogens is 1. The van der Waals surface area contributed by atoms with Crippen LogP contribution in [-0.4, -0.2) is 22.5 Å². The number of hydrogen-bond acceptors (Lipinski definition) is 5. The Hall–Kier alpha value is -2.93. The number of nitrogens with two attached hydrogens (primary N) is 1. The number of pyridine rings is 1. The van der Waals surface area contributed by atoms with E-state index in [9.17, 15) is 9.59 Å². The molecule has 4 N–H and O–H groups in total. The van der Waals surface area contributed by atoms with E-state index in [1.165, 1.54) is 12.3 Å². The monoisotopic (exact) mass is 359 g/mol. The average molecular weight is 360 g/mol. The summed E-state index contributed by atoms with van der Waals surface area (Å²) in [6.07, 6.45) is 1.41. The van der Waals surface area contributed by atoms with Crippen LogP contribution in [0.3, 0.4) is 0 Å². The van der Waals surface area contributed by atoms with Gasteiger partial charge < -0.3 is 11.1 Å². The number of hydrogen-bond donors (Lipinski definition) is 3. The van der Waals surface area contributed by atoms with Crippen LogP contribution in [0, 0.1) is 6.92 Å².